The molecule has 0 radical (unpaired) electrons. The molecule has 2 aromatic rings. The minimum Gasteiger partial charge on any atom is -0.379 e. The number of hydrogen-bond donors (Lipinski definition) is 1. The van der Waals surface area contributed by atoms with E-state index in [4.69, 9.17) is 14.6 Å². The van der Waals surface area contributed by atoms with Crippen LogP contribution in [0.3, 0.4) is 0 Å². The molecule has 2 fully saturated rings. The first-order chi connectivity index (χ1) is 15.6. The number of amides is 1. The first-order valence-electron chi connectivity index (χ1n) is 11.1. The molecule has 0 saturated carbocycles. The Labute approximate surface area is 190 Å². The van der Waals surface area contributed by atoms with Crippen molar-refractivity contribution in [2.45, 2.75) is 24.8 Å². The molecule has 2 aliphatic rings. The summed E-state index contributed by atoms with van der Waals surface area (Å²) in [5.74, 6) is -0.112. The van der Waals surface area contributed by atoms with Gasteiger partial charge in [0, 0.05) is 43.9 Å². The topological polar surface area (TPSA) is 97.1 Å². The van der Waals surface area contributed by atoms with Crippen LogP contribution >= 0.6 is 0 Å². The van der Waals surface area contributed by atoms with E-state index in [-0.39, 0.29) is 5.91 Å². The van der Waals surface area contributed by atoms with Gasteiger partial charge in [0.1, 0.15) is 0 Å². The van der Waals surface area contributed by atoms with Gasteiger partial charge in [0.2, 0.25) is 0 Å². The van der Waals surface area contributed by atoms with Crippen LogP contribution in [-0.4, -0.2) is 93.4 Å². The summed E-state index contributed by atoms with van der Waals surface area (Å²) >= 11 is -2.15. The molecule has 2 aliphatic heterocycles. The molecule has 0 aliphatic carbocycles. The normalized spacial score (nSPS) is 18.6. The van der Waals surface area contributed by atoms with Crippen molar-refractivity contribution in [1.82, 2.24) is 19.6 Å². The van der Waals surface area contributed by atoms with E-state index in [0.29, 0.717) is 68.6 Å². The van der Waals surface area contributed by atoms with Gasteiger partial charge in [-0.1, -0.05) is 25.1 Å². The highest BCUT2D eigenvalue weighted by molar-refractivity contribution is 7.79. The average molecular weight is 463 g/mol. The maximum Gasteiger partial charge on any atom is 0.274 e. The van der Waals surface area contributed by atoms with Gasteiger partial charge in [-0.05, 0) is 12.5 Å². The van der Waals surface area contributed by atoms with E-state index in [1.54, 1.807) is 17.0 Å². The van der Waals surface area contributed by atoms with E-state index in [2.05, 4.69) is 4.90 Å². The Bertz CT molecular complexity index is 967. The first-order valence-corrected chi connectivity index (χ1v) is 12.2. The number of rotatable bonds is 7. The molecule has 0 bridgehead atoms. The van der Waals surface area contributed by atoms with Crippen LogP contribution in [0.15, 0.2) is 29.2 Å². The van der Waals surface area contributed by atoms with Gasteiger partial charge in [0.05, 0.1) is 43.6 Å². The first kappa shape index (κ1) is 23.1. The quantitative estimate of drug-likeness (QED) is 0.623. The maximum atomic E-state index is 13.4. The lowest BCUT2D eigenvalue weighted by atomic mass is 10.0. The number of carbonyl (C=O) groups excluding carboxylic acids is 1. The van der Waals surface area contributed by atoms with Gasteiger partial charge in [-0.3, -0.25) is 14.4 Å². The van der Waals surface area contributed by atoms with Gasteiger partial charge in [0.25, 0.3) is 5.91 Å². The number of aromatic nitrogens is 2. The predicted octanol–water partition coefficient (Wildman–Crippen LogP) is 1.50. The Kier molecular flexibility index (Phi) is 7.69. The molecular formula is C22H30N4O5S. The zero-order valence-electron chi connectivity index (χ0n) is 18.4. The lowest BCUT2D eigenvalue weighted by Gasteiger charge is -2.26. The second-order valence-corrected chi connectivity index (χ2v) is 8.79. The Morgan fingerprint density at radius 1 is 1.06 bits per heavy atom. The number of benzene rings is 1. The number of carbonyl (C=O) groups is 1. The Hall–Kier alpha value is -2.11. The molecule has 4 rings (SSSR count). The highest BCUT2D eigenvalue weighted by Gasteiger charge is 2.29. The zero-order valence-corrected chi connectivity index (χ0v) is 19.2. The van der Waals surface area contributed by atoms with E-state index in [0.717, 1.165) is 30.9 Å². The largest absolute Gasteiger partial charge is 0.379 e. The molecule has 174 valence electrons. The Morgan fingerprint density at radius 3 is 2.38 bits per heavy atom. The summed E-state index contributed by atoms with van der Waals surface area (Å²) in [5.41, 5.74) is 2.61. The molecule has 1 aromatic heterocycles. The monoisotopic (exact) mass is 462 g/mol. The van der Waals surface area contributed by atoms with Crippen LogP contribution in [0.1, 0.15) is 23.0 Å². The van der Waals surface area contributed by atoms with Gasteiger partial charge in [0.15, 0.2) is 16.8 Å². The number of nitrogens with zero attached hydrogens (tertiary/aromatic N) is 4. The third kappa shape index (κ3) is 4.94. The molecule has 1 amide bonds. The van der Waals surface area contributed by atoms with Crippen molar-refractivity contribution >= 4 is 17.0 Å². The molecule has 2 saturated heterocycles. The van der Waals surface area contributed by atoms with Crippen LogP contribution in [-0.2, 0) is 33.5 Å². The summed E-state index contributed by atoms with van der Waals surface area (Å²) < 4.78 is 34.6. The highest BCUT2D eigenvalue weighted by atomic mass is 32.2. The van der Waals surface area contributed by atoms with Crippen LogP contribution in [0.4, 0.5) is 0 Å². The zero-order chi connectivity index (χ0) is 22.5. The third-order valence-corrected chi connectivity index (χ3v) is 6.70. The fourth-order valence-corrected chi connectivity index (χ4v) is 4.81. The molecule has 10 heteroatoms. The molecule has 1 atom stereocenters. The van der Waals surface area contributed by atoms with E-state index < -0.39 is 11.1 Å². The number of morpholine rings is 2. The smallest absolute Gasteiger partial charge is 0.274 e. The van der Waals surface area contributed by atoms with Gasteiger partial charge >= 0.3 is 0 Å². The van der Waals surface area contributed by atoms with Crippen molar-refractivity contribution in [3.63, 3.8) is 0 Å². The molecule has 32 heavy (non-hydrogen) atoms. The summed E-state index contributed by atoms with van der Waals surface area (Å²) in [7, 11) is 0. The summed E-state index contributed by atoms with van der Waals surface area (Å²) in [5, 5.41) is 4.76. The average Bonchev–Trinajstić information content (AvgIpc) is 3.21. The van der Waals surface area contributed by atoms with Crippen LogP contribution in [0.2, 0.25) is 0 Å². The third-order valence-electron chi connectivity index (χ3n) is 5.97. The molecule has 0 spiro atoms. The molecule has 3 heterocycles. The van der Waals surface area contributed by atoms with E-state index >= 15 is 0 Å². The molecule has 1 unspecified atom stereocenters. The molecule has 1 N–H and O–H groups in total. The lowest BCUT2D eigenvalue weighted by molar-refractivity contribution is 0.0297. The minimum atomic E-state index is -2.15. The summed E-state index contributed by atoms with van der Waals surface area (Å²) in [6.07, 6.45) is 0.588. The maximum absolute atomic E-state index is 13.4. The van der Waals surface area contributed by atoms with Crippen molar-refractivity contribution in [3.8, 4) is 11.3 Å². The minimum absolute atomic E-state index is 0.112. The predicted molar refractivity (Wildman–Crippen MR) is 120 cm³/mol. The summed E-state index contributed by atoms with van der Waals surface area (Å²) in [6.45, 7) is 8.56. The molecule has 1 aromatic carbocycles. The van der Waals surface area contributed by atoms with E-state index in [1.807, 2.05) is 23.7 Å². The van der Waals surface area contributed by atoms with Crippen LogP contribution in [0.25, 0.3) is 11.3 Å². The summed E-state index contributed by atoms with van der Waals surface area (Å²) in [4.78, 5) is 17.8. The van der Waals surface area contributed by atoms with Crippen molar-refractivity contribution < 1.29 is 23.0 Å². The lowest BCUT2D eigenvalue weighted by Crippen LogP contribution is -2.41. The van der Waals surface area contributed by atoms with Crippen molar-refractivity contribution in [2.75, 3.05) is 59.2 Å². The second-order valence-electron chi connectivity index (χ2n) is 7.86. The van der Waals surface area contributed by atoms with Crippen LogP contribution in [0.5, 0.6) is 0 Å². The highest BCUT2D eigenvalue weighted by Crippen LogP contribution is 2.32. The van der Waals surface area contributed by atoms with Gasteiger partial charge < -0.3 is 18.9 Å². The van der Waals surface area contributed by atoms with Crippen LogP contribution < -0.4 is 0 Å². The molecule has 9 nitrogen and oxygen atoms in total. The van der Waals surface area contributed by atoms with Crippen molar-refractivity contribution in [3.05, 3.63) is 35.5 Å². The second kappa shape index (κ2) is 10.7. The van der Waals surface area contributed by atoms with Gasteiger partial charge in [-0.2, -0.15) is 5.10 Å². The standard InChI is InChI=1S/C22H30N4O5S/c1-2-17-20(22(27)25-11-15-31-16-12-25)23-26(8-7-24-9-13-30-14-10-24)21(17)18-5-3-4-6-19(18)32(28)29/h3-6H,2,7-16H2,1H3,(H,28,29). The number of hydrogen-bond acceptors (Lipinski definition) is 6. The number of ether oxygens (including phenoxy) is 2. The SMILES string of the molecule is CCc1c(C(=O)N2CCOCC2)nn(CCN2CCOCC2)c1-c1ccccc1S(=O)O. The van der Waals surface area contributed by atoms with Gasteiger partial charge in [-0.15, -0.1) is 0 Å². The fraction of sp³-hybridized carbons (Fsp3) is 0.545. The Balaban J connectivity index is 1.75. The van der Waals surface area contributed by atoms with Crippen LogP contribution in [0, 0.1) is 0 Å². The summed E-state index contributed by atoms with van der Waals surface area (Å²) in [6, 6.07) is 7.06. The van der Waals surface area contributed by atoms with E-state index in [1.165, 1.54) is 0 Å². The van der Waals surface area contributed by atoms with Crippen molar-refractivity contribution in [2.24, 2.45) is 0 Å². The van der Waals surface area contributed by atoms with Crippen molar-refractivity contribution in [1.29, 1.82) is 0 Å². The van der Waals surface area contributed by atoms with E-state index in [9.17, 15) is 13.6 Å². The molecular weight excluding hydrogens is 432 g/mol. The van der Waals surface area contributed by atoms with Gasteiger partial charge in [-0.25, -0.2) is 4.21 Å². The Morgan fingerprint density at radius 2 is 1.72 bits per heavy atom. The fourth-order valence-electron chi connectivity index (χ4n) is 4.26.